The molecular weight excluding hydrogens is 284 g/mol. The molecule has 0 aromatic heterocycles. The predicted octanol–water partition coefficient (Wildman–Crippen LogP) is 3.94. The van der Waals surface area contributed by atoms with Crippen molar-refractivity contribution < 1.29 is 13.5 Å². The molecule has 1 unspecified atom stereocenters. The molecule has 1 N–H and O–H groups in total. The van der Waals surface area contributed by atoms with Crippen LogP contribution in [0.1, 0.15) is 17.2 Å². The Balaban J connectivity index is 2.46. The number of benzene rings is 2. The first-order valence-corrected chi connectivity index (χ1v) is 6.40. The van der Waals surface area contributed by atoms with Crippen LogP contribution in [-0.4, -0.2) is 14.2 Å². The minimum atomic E-state index is -0.474. The lowest BCUT2D eigenvalue weighted by molar-refractivity contribution is 0.386. The van der Waals surface area contributed by atoms with Gasteiger partial charge in [-0.1, -0.05) is 17.7 Å². The standard InChI is InChI=1S/C15H14ClF2NO/c1-19-15(11-8-10(17)4-5-12(11)16)9-3-6-14(20-2)13(18)7-9/h3-8,15,19H,1-2H3. The summed E-state index contributed by atoms with van der Waals surface area (Å²) in [7, 11) is 3.10. The van der Waals surface area contributed by atoms with Gasteiger partial charge in [-0.3, -0.25) is 0 Å². The lowest BCUT2D eigenvalue weighted by atomic mass is 9.98. The average molecular weight is 298 g/mol. The van der Waals surface area contributed by atoms with E-state index in [1.165, 1.54) is 37.4 Å². The third-order valence-electron chi connectivity index (χ3n) is 3.07. The van der Waals surface area contributed by atoms with Crippen molar-refractivity contribution in [1.82, 2.24) is 5.32 Å². The second-order valence-corrected chi connectivity index (χ2v) is 4.69. The van der Waals surface area contributed by atoms with Crippen LogP contribution in [0.5, 0.6) is 5.75 Å². The quantitative estimate of drug-likeness (QED) is 0.923. The number of hydrogen-bond acceptors (Lipinski definition) is 2. The monoisotopic (exact) mass is 297 g/mol. The van der Waals surface area contributed by atoms with E-state index in [1.54, 1.807) is 13.1 Å². The highest BCUT2D eigenvalue weighted by atomic mass is 35.5. The molecule has 5 heteroatoms. The molecule has 106 valence electrons. The van der Waals surface area contributed by atoms with Gasteiger partial charge < -0.3 is 10.1 Å². The minimum Gasteiger partial charge on any atom is -0.494 e. The van der Waals surface area contributed by atoms with Gasteiger partial charge in [-0.2, -0.15) is 0 Å². The largest absolute Gasteiger partial charge is 0.494 e. The molecule has 0 fully saturated rings. The maximum atomic E-state index is 13.8. The van der Waals surface area contributed by atoms with Crippen LogP contribution in [-0.2, 0) is 0 Å². The topological polar surface area (TPSA) is 21.3 Å². The lowest BCUT2D eigenvalue weighted by Crippen LogP contribution is -2.18. The van der Waals surface area contributed by atoms with Gasteiger partial charge in [0, 0.05) is 5.02 Å². The summed E-state index contributed by atoms with van der Waals surface area (Å²) in [6, 6.07) is 8.29. The zero-order valence-corrected chi connectivity index (χ0v) is 11.8. The maximum Gasteiger partial charge on any atom is 0.165 e. The normalized spacial score (nSPS) is 12.2. The van der Waals surface area contributed by atoms with E-state index < -0.39 is 17.7 Å². The Morgan fingerprint density at radius 3 is 2.50 bits per heavy atom. The van der Waals surface area contributed by atoms with Crippen LogP contribution in [0, 0.1) is 11.6 Å². The second kappa shape index (κ2) is 6.20. The smallest absolute Gasteiger partial charge is 0.165 e. The highest BCUT2D eigenvalue weighted by Crippen LogP contribution is 2.30. The van der Waals surface area contributed by atoms with Gasteiger partial charge in [-0.25, -0.2) is 8.78 Å². The van der Waals surface area contributed by atoms with Gasteiger partial charge in [0.2, 0.25) is 0 Å². The van der Waals surface area contributed by atoms with Crippen molar-refractivity contribution in [1.29, 1.82) is 0 Å². The van der Waals surface area contributed by atoms with Gasteiger partial charge in [0.15, 0.2) is 11.6 Å². The molecule has 2 rings (SSSR count). The third-order valence-corrected chi connectivity index (χ3v) is 3.41. The maximum absolute atomic E-state index is 13.8. The molecule has 0 bridgehead atoms. The molecule has 0 aliphatic rings. The van der Waals surface area contributed by atoms with E-state index in [2.05, 4.69) is 5.32 Å². The molecule has 20 heavy (non-hydrogen) atoms. The summed E-state index contributed by atoms with van der Waals surface area (Å²) in [5, 5.41) is 3.43. The molecule has 0 radical (unpaired) electrons. The summed E-state index contributed by atoms with van der Waals surface area (Å²) in [6.45, 7) is 0. The van der Waals surface area contributed by atoms with Crippen molar-refractivity contribution in [2.75, 3.05) is 14.2 Å². The van der Waals surface area contributed by atoms with E-state index in [0.29, 0.717) is 16.1 Å². The number of halogens is 3. The van der Waals surface area contributed by atoms with Crippen LogP contribution in [0.25, 0.3) is 0 Å². The second-order valence-electron chi connectivity index (χ2n) is 4.28. The van der Waals surface area contributed by atoms with Crippen LogP contribution < -0.4 is 10.1 Å². The van der Waals surface area contributed by atoms with E-state index in [9.17, 15) is 8.78 Å². The van der Waals surface area contributed by atoms with Crippen LogP contribution in [0.15, 0.2) is 36.4 Å². The highest BCUT2D eigenvalue weighted by Gasteiger charge is 2.17. The van der Waals surface area contributed by atoms with Crippen molar-refractivity contribution in [2.24, 2.45) is 0 Å². The van der Waals surface area contributed by atoms with Gasteiger partial charge in [0.05, 0.1) is 13.2 Å². The van der Waals surface area contributed by atoms with Crippen molar-refractivity contribution in [3.05, 3.63) is 64.2 Å². The Bertz CT molecular complexity index is 619. The third kappa shape index (κ3) is 2.92. The Kier molecular flexibility index (Phi) is 4.57. The zero-order valence-electron chi connectivity index (χ0n) is 11.1. The van der Waals surface area contributed by atoms with Crippen molar-refractivity contribution in [3.8, 4) is 5.75 Å². The zero-order chi connectivity index (χ0) is 14.7. The fraction of sp³-hybridized carbons (Fsp3) is 0.200. The molecular formula is C15H14ClF2NO. The van der Waals surface area contributed by atoms with Gasteiger partial charge in [-0.05, 0) is 48.5 Å². The van der Waals surface area contributed by atoms with Gasteiger partial charge in [0.1, 0.15) is 5.82 Å². The molecule has 1 atom stereocenters. The fourth-order valence-corrected chi connectivity index (χ4v) is 2.33. The average Bonchev–Trinajstić information content (AvgIpc) is 2.44. The van der Waals surface area contributed by atoms with Crippen LogP contribution >= 0.6 is 11.6 Å². The molecule has 2 aromatic carbocycles. The number of rotatable bonds is 4. The Morgan fingerprint density at radius 1 is 1.15 bits per heavy atom. The summed E-state index contributed by atoms with van der Waals surface area (Å²) in [6.07, 6.45) is 0. The Morgan fingerprint density at radius 2 is 1.90 bits per heavy atom. The van der Waals surface area contributed by atoms with Gasteiger partial charge >= 0.3 is 0 Å². The first-order chi connectivity index (χ1) is 9.56. The molecule has 0 amide bonds. The van der Waals surface area contributed by atoms with Crippen LogP contribution in [0.4, 0.5) is 8.78 Å². The van der Waals surface area contributed by atoms with Crippen LogP contribution in [0.3, 0.4) is 0 Å². The fourth-order valence-electron chi connectivity index (χ4n) is 2.10. The molecule has 0 aliphatic heterocycles. The molecule has 0 saturated heterocycles. The van der Waals surface area contributed by atoms with E-state index in [-0.39, 0.29) is 5.75 Å². The number of hydrogen-bond donors (Lipinski definition) is 1. The predicted molar refractivity (Wildman–Crippen MR) is 75.3 cm³/mol. The molecule has 2 aromatic rings. The van der Waals surface area contributed by atoms with Crippen LogP contribution in [0.2, 0.25) is 5.02 Å². The molecule has 0 saturated carbocycles. The summed E-state index contributed by atoms with van der Waals surface area (Å²) < 4.78 is 32.0. The first kappa shape index (κ1) is 14.8. The van der Waals surface area contributed by atoms with E-state index in [1.807, 2.05) is 0 Å². The molecule has 0 heterocycles. The Labute approximate surface area is 121 Å². The number of ether oxygens (including phenoxy) is 1. The van der Waals surface area contributed by atoms with E-state index >= 15 is 0 Å². The van der Waals surface area contributed by atoms with Gasteiger partial charge in [0.25, 0.3) is 0 Å². The van der Waals surface area contributed by atoms with E-state index in [0.717, 1.165) is 0 Å². The van der Waals surface area contributed by atoms with Gasteiger partial charge in [-0.15, -0.1) is 0 Å². The summed E-state index contributed by atoms with van der Waals surface area (Å²) in [4.78, 5) is 0. The summed E-state index contributed by atoms with van der Waals surface area (Å²) in [5.41, 5.74) is 1.19. The molecule has 0 spiro atoms. The lowest BCUT2D eigenvalue weighted by Gasteiger charge is -2.19. The number of methoxy groups -OCH3 is 1. The number of nitrogens with one attached hydrogen (secondary N) is 1. The molecule has 2 nitrogen and oxygen atoms in total. The highest BCUT2D eigenvalue weighted by molar-refractivity contribution is 6.31. The minimum absolute atomic E-state index is 0.161. The van der Waals surface area contributed by atoms with Crippen molar-refractivity contribution >= 4 is 11.6 Å². The molecule has 0 aliphatic carbocycles. The van der Waals surface area contributed by atoms with Crippen molar-refractivity contribution in [2.45, 2.75) is 6.04 Å². The summed E-state index contributed by atoms with van der Waals surface area (Å²) >= 11 is 6.09. The Hall–Kier alpha value is -1.65. The van der Waals surface area contributed by atoms with E-state index in [4.69, 9.17) is 16.3 Å². The first-order valence-electron chi connectivity index (χ1n) is 6.02. The SMILES string of the molecule is CNC(c1ccc(OC)c(F)c1)c1cc(F)ccc1Cl. The summed E-state index contributed by atoms with van der Waals surface area (Å²) in [5.74, 6) is -0.703. The van der Waals surface area contributed by atoms with Crippen molar-refractivity contribution in [3.63, 3.8) is 0 Å².